The van der Waals surface area contributed by atoms with E-state index in [9.17, 15) is 31.1 Å². The van der Waals surface area contributed by atoms with Crippen molar-refractivity contribution in [1.82, 2.24) is 25.0 Å². The summed E-state index contributed by atoms with van der Waals surface area (Å²) in [5.41, 5.74) is 1.12. The number of aryl methyl sites for hydroxylation is 1. The number of hydrogen-bond donors (Lipinski definition) is 3. The molecule has 0 radical (unpaired) electrons. The minimum absolute atomic E-state index is 0.0200. The summed E-state index contributed by atoms with van der Waals surface area (Å²) < 4.78 is 70.9. The summed E-state index contributed by atoms with van der Waals surface area (Å²) in [6, 6.07) is 7.97. The van der Waals surface area contributed by atoms with E-state index in [1.54, 1.807) is 4.68 Å². The number of aromatic nitrogens is 3. The Labute approximate surface area is 205 Å². The molecule has 0 unspecified atom stereocenters. The maximum atomic E-state index is 12.1. The quantitative estimate of drug-likeness (QED) is 0.479. The van der Waals surface area contributed by atoms with Crippen molar-refractivity contribution in [1.29, 1.82) is 0 Å². The van der Waals surface area contributed by atoms with Crippen molar-refractivity contribution in [2.75, 3.05) is 26.2 Å². The predicted molar refractivity (Wildman–Crippen MR) is 112 cm³/mol. The van der Waals surface area contributed by atoms with Gasteiger partial charge in [-0.05, 0) is 6.07 Å². The maximum absolute atomic E-state index is 12.1. The molecule has 1 aromatic carbocycles. The van der Waals surface area contributed by atoms with Crippen LogP contribution < -0.4 is 10.1 Å². The minimum Gasteiger partial charge on any atom is -0.492 e. The summed E-state index contributed by atoms with van der Waals surface area (Å²) in [6.07, 6.45) is -7.97. The molecular weight excluding hydrogens is 520 g/mol. The molecule has 11 nitrogen and oxygen atoms in total. The fourth-order valence-electron chi connectivity index (χ4n) is 2.63. The molecule has 0 saturated carbocycles. The molecule has 1 aromatic heterocycles. The number of halogens is 6. The molecule has 3 rings (SSSR count). The minimum atomic E-state index is -5.08. The number of carbonyl (C=O) groups is 3. The molecule has 2 heterocycles. The molecule has 17 heteroatoms. The van der Waals surface area contributed by atoms with Gasteiger partial charge in [-0.3, -0.25) is 14.4 Å². The Balaban J connectivity index is 0.000000404. The largest absolute Gasteiger partial charge is 0.492 e. The second kappa shape index (κ2) is 14.0. The number of carboxylic acid groups (broad SMARTS) is 2. The van der Waals surface area contributed by atoms with Crippen LogP contribution in [-0.4, -0.2) is 86.3 Å². The van der Waals surface area contributed by atoms with E-state index in [2.05, 4.69) is 20.3 Å². The number of nitrogens with one attached hydrogen (secondary N) is 1. The molecule has 37 heavy (non-hydrogen) atoms. The first kappa shape index (κ1) is 31.1. The van der Waals surface area contributed by atoms with Gasteiger partial charge < -0.3 is 20.3 Å². The van der Waals surface area contributed by atoms with Gasteiger partial charge in [-0.15, -0.1) is 0 Å². The highest BCUT2D eigenvalue weighted by molar-refractivity contribution is 5.78. The highest BCUT2D eigenvalue weighted by Crippen LogP contribution is 2.22. The summed E-state index contributed by atoms with van der Waals surface area (Å²) >= 11 is 0. The number of benzene rings is 1. The van der Waals surface area contributed by atoms with Crippen molar-refractivity contribution in [3.63, 3.8) is 0 Å². The van der Waals surface area contributed by atoms with Crippen LogP contribution in [0.5, 0.6) is 5.75 Å². The smallest absolute Gasteiger partial charge is 0.490 e. The zero-order chi connectivity index (χ0) is 28.2. The monoisotopic (exact) mass is 543 g/mol. The van der Waals surface area contributed by atoms with E-state index in [0.29, 0.717) is 26.1 Å². The highest BCUT2D eigenvalue weighted by Gasteiger charge is 2.38. The normalized spacial score (nSPS) is 13.4. The van der Waals surface area contributed by atoms with Crippen molar-refractivity contribution in [2.24, 2.45) is 7.05 Å². The Morgan fingerprint density at radius 2 is 1.62 bits per heavy atom. The Kier molecular flexibility index (Phi) is 11.8. The molecule has 0 saturated heterocycles. The van der Waals surface area contributed by atoms with E-state index >= 15 is 0 Å². The Hall–Kier alpha value is -3.89. The molecule has 0 atom stereocenters. The first-order valence-electron chi connectivity index (χ1n) is 10.2. The number of ether oxygens (including phenoxy) is 1. The summed E-state index contributed by atoms with van der Waals surface area (Å²) in [4.78, 5) is 36.1. The van der Waals surface area contributed by atoms with Gasteiger partial charge >= 0.3 is 24.3 Å². The molecule has 0 spiro atoms. The molecule has 1 aliphatic rings. The first-order valence-corrected chi connectivity index (χ1v) is 10.2. The van der Waals surface area contributed by atoms with Crippen molar-refractivity contribution in [3.8, 4) is 5.75 Å². The molecule has 206 valence electrons. The first-order chi connectivity index (χ1) is 17.1. The lowest BCUT2D eigenvalue weighted by Gasteiger charge is -2.18. The molecular formula is C20H23F6N5O6. The van der Waals surface area contributed by atoms with E-state index < -0.39 is 24.3 Å². The number of aliphatic carboxylic acids is 2. The van der Waals surface area contributed by atoms with Crippen molar-refractivity contribution < 1.29 is 55.7 Å². The van der Waals surface area contributed by atoms with Crippen LogP contribution in [0.4, 0.5) is 26.3 Å². The van der Waals surface area contributed by atoms with Crippen LogP contribution in [0.3, 0.4) is 0 Å². The van der Waals surface area contributed by atoms with Crippen molar-refractivity contribution in [2.45, 2.75) is 25.3 Å². The van der Waals surface area contributed by atoms with Crippen LogP contribution in [0.1, 0.15) is 11.4 Å². The number of carboxylic acids is 2. The lowest BCUT2D eigenvalue weighted by Crippen LogP contribution is -2.38. The van der Waals surface area contributed by atoms with Gasteiger partial charge in [0.25, 0.3) is 0 Å². The van der Waals surface area contributed by atoms with Crippen LogP contribution in [0, 0.1) is 0 Å². The summed E-state index contributed by atoms with van der Waals surface area (Å²) in [5.74, 6) is -3.72. The fraction of sp³-hybridized carbons (Fsp3) is 0.450. The van der Waals surface area contributed by atoms with Crippen molar-refractivity contribution in [3.05, 3.63) is 42.0 Å². The van der Waals surface area contributed by atoms with Crippen LogP contribution in [0.15, 0.2) is 30.6 Å². The second-order valence-electron chi connectivity index (χ2n) is 7.17. The van der Waals surface area contributed by atoms with Gasteiger partial charge in [0.2, 0.25) is 5.91 Å². The molecule has 1 aliphatic heterocycles. The van der Waals surface area contributed by atoms with Gasteiger partial charge in [-0.2, -0.15) is 31.4 Å². The fourth-order valence-corrected chi connectivity index (χ4v) is 2.63. The number of hydrogen-bond acceptors (Lipinski definition) is 7. The van der Waals surface area contributed by atoms with Crippen LogP contribution >= 0.6 is 0 Å². The topological polar surface area (TPSA) is 147 Å². The SMILES string of the molecule is Cn1ncnc1CCNC(=O)CN1CCOc2ccccc2C1.O=C(O)C(F)(F)F.O=C(O)C(F)(F)F. The van der Waals surface area contributed by atoms with Gasteiger partial charge in [0.1, 0.15) is 24.5 Å². The van der Waals surface area contributed by atoms with E-state index in [-0.39, 0.29) is 5.91 Å². The number of para-hydroxylation sites is 1. The number of alkyl halides is 6. The standard InChI is InChI=1S/C16H21N5O2.2C2HF3O2/c1-20-15(18-12-19-20)6-7-17-16(22)11-21-8-9-23-14-5-3-2-4-13(14)10-21;2*3-2(4,5)1(6)7/h2-5,12H,6-11H2,1H3,(H,17,22);2*(H,6,7). The maximum Gasteiger partial charge on any atom is 0.490 e. The van der Waals surface area contributed by atoms with Gasteiger partial charge in [0.15, 0.2) is 0 Å². The van der Waals surface area contributed by atoms with Crippen LogP contribution in [0.25, 0.3) is 0 Å². The Morgan fingerprint density at radius 1 is 1.05 bits per heavy atom. The van der Waals surface area contributed by atoms with Crippen LogP contribution in [-0.2, 0) is 34.4 Å². The number of fused-ring (bicyclic) bond motifs is 1. The summed E-state index contributed by atoms with van der Waals surface area (Å²) in [7, 11) is 1.85. The molecule has 3 N–H and O–H groups in total. The third-order valence-corrected chi connectivity index (χ3v) is 4.36. The molecule has 0 bridgehead atoms. The summed E-state index contributed by atoms with van der Waals surface area (Å²) in [6.45, 7) is 3.00. The van der Waals surface area contributed by atoms with E-state index in [0.717, 1.165) is 30.2 Å². The molecule has 1 amide bonds. The lowest BCUT2D eigenvalue weighted by atomic mass is 10.2. The third-order valence-electron chi connectivity index (χ3n) is 4.36. The second-order valence-corrected chi connectivity index (χ2v) is 7.17. The number of rotatable bonds is 5. The molecule has 2 aromatic rings. The van der Waals surface area contributed by atoms with Gasteiger partial charge in [0, 0.05) is 38.7 Å². The third kappa shape index (κ3) is 12.1. The zero-order valence-electron chi connectivity index (χ0n) is 19.2. The summed E-state index contributed by atoms with van der Waals surface area (Å²) in [5, 5.41) is 21.2. The van der Waals surface area contributed by atoms with Gasteiger partial charge in [-0.1, -0.05) is 18.2 Å². The van der Waals surface area contributed by atoms with Gasteiger partial charge in [0.05, 0.1) is 6.54 Å². The zero-order valence-corrected chi connectivity index (χ0v) is 19.2. The van der Waals surface area contributed by atoms with Crippen LogP contribution in [0.2, 0.25) is 0 Å². The lowest BCUT2D eigenvalue weighted by molar-refractivity contribution is -0.193. The van der Waals surface area contributed by atoms with Gasteiger partial charge in [-0.25, -0.2) is 14.6 Å². The number of amides is 1. The molecule has 0 fully saturated rings. The van der Waals surface area contributed by atoms with E-state index in [1.807, 2.05) is 31.3 Å². The predicted octanol–water partition coefficient (Wildman–Crippen LogP) is 1.64. The Bertz CT molecular complexity index is 1020. The average Bonchev–Trinajstić information content (AvgIpc) is 3.07. The van der Waals surface area contributed by atoms with E-state index in [1.165, 1.54) is 6.33 Å². The molecule has 0 aliphatic carbocycles. The van der Waals surface area contributed by atoms with E-state index in [4.69, 9.17) is 24.5 Å². The Morgan fingerprint density at radius 3 is 2.14 bits per heavy atom. The number of nitrogens with zero attached hydrogens (tertiary/aromatic N) is 4. The average molecular weight is 543 g/mol. The highest BCUT2D eigenvalue weighted by atomic mass is 19.4. The number of carbonyl (C=O) groups excluding carboxylic acids is 1. The van der Waals surface area contributed by atoms with Crippen molar-refractivity contribution >= 4 is 17.8 Å².